The van der Waals surface area contributed by atoms with Crippen LogP contribution < -0.4 is 16.4 Å². The number of carbonyl (C=O) groups excluding carboxylic acids is 1. The molecule has 0 aromatic rings. The van der Waals surface area contributed by atoms with Crippen molar-refractivity contribution in [2.24, 2.45) is 5.73 Å². The van der Waals surface area contributed by atoms with E-state index in [-0.39, 0.29) is 23.7 Å². The van der Waals surface area contributed by atoms with Crippen molar-refractivity contribution in [2.45, 2.75) is 64.1 Å². The molecule has 0 spiro atoms. The largest absolute Gasteiger partial charge is 0.334 e. The van der Waals surface area contributed by atoms with Crippen LogP contribution in [0.25, 0.3) is 0 Å². The number of rotatable bonds is 1. The van der Waals surface area contributed by atoms with Gasteiger partial charge in [0.05, 0.1) is 0 Å². The molecule has 1 rings (SSSR count). The molecule has 0 heterocycles. The van der Waals surface area contributed by atoms with Gasteiger partial charge in [0.15, 0.2) is 0 Å². The second-order valence-electron chi connectivity index (χ2n) is 5.40. The van der Waals surface area contributed by atoms with Crippen LogP contribution in [0, 0.1) is 0 Å². The second kappa shape index (κ2) is 4.84. The number of urea groups is 1. The number of nitrogens with two attached hydrogens (primary N) is 1. The number of carbonyl (C=O) groups is 1. The molecule has 1 aliphatic rings. The predicted molar refractivity (Wildman–Crippen MR) is 61.7 cm³/mol. The standard InChI is InChI=1S/C11H23N3O/c1-11(2,3)14-10(15)13-9-7-5-4-6-8(9)12/h8-9H,4-7,12H2,1-3H3,(H2,13,14,15). The number of amides is 2. The van der Waals surface area contributed by atoms with E-state index < -0.39 is 0 Å². The normalized spacial score (nSPS) is 27.2. The maximum atomic E-state index is 11.6. The lowest BCUT2D eigenvalue weighted by atomic mass is 9.91. The van der Waals surface area contributed by atoms with Crippen LogP contribution in [0.4, 0.5) is 4.79 Å². The quantitative estimate of drug-likeness (QED) is 0.615. The third kappa shape index (κ3) is 4.51. The van der Waals surface area contributed by atoms with Gasteiger partial charge >= 0.3 is 6.03 Å². The van der Waals surface area contributed by atoms with Gasteiger partial charge < -0.3 is 16.4 Å². The zero-order chi connectivity index (χ0) is 11.5. The predicted octanol–water partition coefficient (Wildman–Crippen LogP) is 1.35. The summed E-state index contributed by atoms with van der Waals surface area (Å²) in [6.45, 7) is 5.90. The zero-order valence-corrected chi connectivity index (χ0v) is 9.97. The minimum Gasteiger partial charge on any atom is -0.334 e. The van der Waals surface area contributed by atoms with Crippen molar-refractivity contribution in [3.05, 3.63) is 0 Å². The van der Waals surface area contributed by atoms with Crippen molar-refractivity contribution in [2.75, 3.05) is 0 Å². The van der Waals surface area contributed by atoms with Gasteiger partial charge in [0.25, 0.3) is 0 Å². The molecule has 0 aromatic heterocycles. The third-order valence-corrected chi connectivity index (χ3v) is 2.62. The van der Waals surface area contributed by atoms with Crippen LogP contribution in [-0.2, 0) is 0 Å². The summed E-state index contributed by atoms with van der Waals surface area (Å²) in [5.74, 6) is 0. The van der Waals surface area contributed by atoms with Gasteiger partial charge in [0.2, 0.25) is 0 Å². The van der Waals surface area contributed by atoms with E-state index in [4.69, 9.17) is 5.73 Å². The lowest BCUT2D eigenvalue weighted by Crippen LogP contribution is -2.55. The molecule has 0 aromatic carbocycles. The molecule has 4 N–H and O–H groups in total. The monoisotopic (exact) mass is 213 g/mol. The van der Waals surface area contributed by atoms with E-state index in [9.17, 15) is 4.79 Å². The summed E-state index contributed by atoms with van der Waals surface area (Å²) in [5, 5.41) is 5.83. The number of hydrogen-bond acceptors (Lipinski definition) is 2. The van der Waals surface area contributed by atoms with Crippen LogP contribution in [-0.4, -0.2) is 23.7 Å². The first-order valence-corrected chi connectivity index (χ1v) is 5.73. The van der Waals surface area contributed by atoms with Gasteiger partial charge in [-0.25, -0.2) is 4.79 Å². The lowest BCUT2D eigenvalue weighted by molar-refractivity contribution is 0.220. The smallest absolute Gasteiger partial charge is 0.315 e. The van der Waals surface area contributed by atoms with Crippen LogP contribution in [0.15, 0.2) is 0 Å². The van der Waals surface area contributed by atoms with Crippen molar-refractivity contribution in [3.63, 3.8) is 0 Å². The summed E-state index contributed by atoms with van der Waals surface area (Å²) < 4.78 is 0. The highest BCUT2D eigenvalue weighted by Gasteiger charge is 2.24. The summed E-state index contributed by atoms with van der Waals surface area (Å²) >= 11 is 0. The molecule has 2 atom stereocenters. The fraction of sp³-hybridized carbons (Fsp3) is 0.909. The van der Waals surface area contributed by atoms with E-state index in [0.29, 0.717) is 0 Å². The topological polar surface area (TPSA) is 67.2 Å². The SMILES string of the molecule is CC(C)(C)NC(=O)NC1CCCCC1N. The third-order valence-electron chi connectivity index (χ3n) is 2.62. The maximum absolute atomic E-state index is 11.6. The Morgan fingerprint density at radius 1 is 1.27 bits per heavy atom. The first-order chi connectivity index (χ1) is 6.88. The molecule has 0 radical (unpaired) electrons. The van der Waals surface area contributed by atoms with Crippen LogP contribution >= 0.6 is 0 Å². The fourth-order valence-corrected chi connectivity index (χ4v) is 1.88. The Kier molecular flexibility index (Phi) is 3.97. The Morgan fingerprint density at radius 3 is 2.40 bits per heavy atom. The molecule has 2 unspecified atom stereocenters. The number of hydrogen-bond donors (Lipinski definition) is 3. The molecular formula is C11H23N3O. The molecule has 4 heteroatoms. The van der Waals surface area contributed by atoms with E-state index in [1.807, 2.05) is 20.8 Å². The summed E-state index contributed by atoms with van der Waals surface area (Å²) in [7, 11) is 0. The van der Waals surface area contributed by atoms with Gasteiger partial charge in [-0.3, -0.25) is 0 Å². The second-order valence-corrected chi connectivity index (χ2v) is 5.40. The molecular weight excluding hydrogens is 190 g/mol. The zero-order valence-electron chi connectivity index (χ0n) is 9.97. The molecule has 0 bridgehead atoms. The van der Waals surface area contributed by atoms with Gasteiger partial charge in [0.1, 0.15) is 0 Å². The first kappa shape index (κ1) is 12.3. The average Bonchev–Trinajstić information content (AvgIpc) is 2.05. The summed E-state index contributed by atoms with van der Waals surface area (Å²) in [4.78, 5) is 11.6. The van der Waals surface area contributed by atoms with E-state index in [0.717, 1.165) is 19.3 Å². The van der Waals surface area contributed by atoms with Crippen molar-refractivity contribution in [1.29, 1.82) is 0 Å². The van der Waals surface area contributed by atoms with Crippen LogP contribution in [0.2, 0.25) is 0 Å². The highest BCUT2D eigenvalue weighted by molar-refractivity contribution is 5.75. The van der Waals surface area contributed by atoms with Gasteiger partial charge in [0, 0.05) is 17.6 Å². The molecule has 0 aliphatic heterocycles. The van der Waals surface area contributed by atoms with Crippen molar-refractivity contribution >= 4 is 6.03 Å². The van der Waals surface area contributed by atoms with E-state index in [1.165, 1.54) is 6.42 Å². The van der Waals surface area contributed by atoms with Gasteiger partial charge in [-0.05, 0) is 33.6 Å². The summed E-state index contributed by atoms with van der Waals surface area (Å²) in [5.41, 5.74) is 5.76. The molecule has 0 saturated heterocycles. The van der Waals surface area contributed by atoms with Crippen LogP contribution in [0.5, 0.6) is 0 Å². The van der Waals surface area contributed by atoms with E-state index in [1.54, 1.807) is 0 Å². The van der Waals surface area contributed by atoms with E-state index in [2.05, 4.69) is 10.6 Å². The lowest BCUT2D eigenvalue weighted by Gasteiger charge is -2.31. The highest BCUT2D eigenvalue weighted by atomic mass is 16.2. The van der Waals surface area contributed by atoms with Gasteiger partial charge in [-0.1, -0.05) is 12.8 Å². The highest BCUT2D eigenvalue weighted by Crippen LogP contribution is 2.16. The Labute approximate surface area is 92.0 Å². The van der Waals surface area contributed by atoms with Crippen molar-refractivity contribution < 1.29 is 4.79 Å². The minimum absolute atomic E-state index is 0.107. The minimum atomic E-state index is -0.192. The molecule has 4 nitrogen and oxygen atoms in total. The Hall–Kier alpha value is -0.770. The first-order valence-electron chi connectivity index (χ1n) is 5.73. The van der Waals surface area contributed by atoms with Crippen LogP contribution in [0.1, 0.15) is 46.5 Å². The van der Waals surface area contributed by atoms with Crippen molar-refractivity contribution in [3.8, 4) is 0 Å². The number of nitrogens with one attached hydrogen (secondary N) is 2. The molecule has 1 saturated carbocycles. The van der Waals surface area contributed by atoms with Gasteiger partial charge in [-0.2, -0.15) is 0 Å². The van der Waals surface area contributed by atoms with Crippen molar-refractivity contribution in [1.82, 2.24) is 10.6 Å². The molecule has 15 heavy (non-hydrogen) atoms. The molecule has 1 fully saturated rings. The Morgan fingerprint density at radius 2 is 1.87 bits per heavy atom. The summed E-state index contributed by atoms with van der Waals surface area (Å²) in [6, 6.07) is 0.149. The average molecular weight is 213 g/mol. The summed E-state index contributed by atoms with van der Waals surface area (Å²) in [6.07, 6.45) is 4.35. The molecule has 1 aliphatic carbocycles. The maximum Gasteiger partial charge on any atom is 0.315 e. The Bertz CT molecular complexity index is 222. The van der Waals surface area contributed by atoms with Gasteiger partial charge in [-0.15, -0.1) is 0 Å². The molecule has 2 amide bonds. The Balaban J connectivity index is 2.36. The molecule has 88 valence electrons. The van der Waals surface area contributed by atoms with Crippen LogP contribution in [0.3, 0.4) is 0 Å². The fourth-order valence-electron chi connectivity index (χ4n) is 1.88. The van der Waals surface area contributed by atoms with E-state index >= 15 is 0 Å².